The number of ether oxygens (including phenoxy) is 2. The van der Waals surface area contributed by atoms with Gasteiger partial charge < -0.3 is 29.1 Å². The van der Waals surface area contributed by atoms with E-state index >= 15 is 0 Å². The van der Waals surface area contributed by atoms with E-state index in [0.717, 1.165) is 24.3 Å². The Hall–Kier alpha value is -1.51. The van der Waals surface area contributed by atoms with Crippen molar-refractivity contribution in [3.8, 4) is 5.75 Å². The SMILES string of the molecule is CCCCCCCCCCCCCCCCNC(=O)OCC(COP(O)Oc1ccccc1CN1CSC(C)=C1C)OC. The number of nitrogens with one attached hydrogen (secondary N) is 1. The second-order valence-corrected chi connectivity index (χ2v) is 13.4. The van der Waals surface area contributed by atoms with E-state index in [1.54, 1.807) is 0 Å². The smallest absolute Gasteiger partial charge is 0.407 e. The molecular weight excluding hydrogens is 583 g/mol. The fraction of sp³-hybridized carbons (Fsp3) is 0.727. The topological polar surface area (TPSA) is 89.5 Å². The number of rotatable bonds is 25. The van der Waals surface area contributed by atoms with Crippen LogP contribution in [0.4, 0.5) is 4.79 Å². The Morgan fingerprint density at radius 1 is 0.953 bits per heavy atom. The Bertz CT molecular complexity index is 921. The summed E-state index contributed by atoms with van der Waals surface area (Å²) in [5, 5.41) is 2.81. The highest BCUT2D eigenvalue weighted by molar-refractivity contribution is 8.03. The number of para-hydroxylation sites is 1. The van der Waals surface area contributed by atoms with E-state index in [2.05, 4.69) is 31.0 Å². The van der Waals surface area contributed by atoms with Crippen LogP contribution in [0.1, 0.15) is 116 Å². The Kier molecular flexibility index (Phi) is 20.9. The molecule has 1 heterocycles. The van der Waals surface area contributed by atoms with Crippen LogP contribution in [0.3, 0.4) is 0 Å². The molecule has 2 rings (SSSR count). The van der Waals surface area contributed by atoms with Gasteiger partial charge in [0.15, 0.2) is 0 Å². The zero-order valence-corrected chi connectivity index (χ0v) is 28.8. The van der Waals surface area contributed by atoms with Crippen LogP contribution in [0.5, 0.6) is 5.75 Å². The molecule has 0 radical (unpaired) electrons. The molecule has 0 fully saturated rings. The van der Waals surface area contributed by atoms with Crippen LogP contribution in [-0.2, 0) is 20.5 Å². The van der Waals surface area contributed by atoms with E-state index in [0.29, 0.717) is 18.8 Å². The van der Waals surface area contributed by atoms with Crippen LogP contribution >= 0.6 is 20.4 Å². The maximum Gasteiger partial charge on any atom is 0.407 e. The van der Waals surface area contributed by atoms with Gasteiger partial charge in [-0.05, 0) is 26.3 Å². The fourth-order valence-corrected chi connectivity index (χ4v) is 6.53. The number of thioether (sulfide) groups is 1. The summed E-state index contributed by atoms with van der Waals surface area (Å²) < 4.78 is 21.9. The summed E-state index contributed by atoms with van der Waals surface area (Å²) >= 11 is 1.83. The first-order chi connectivity index (χ1) is 20.9. The molecule has 0 saturated heterocycles. The summed E-state index contributed by atoms with van der Waals surface area (Å²) in [6, 6.07) is 7.66. The number of carbonyl (C=O) groups excluding carboxylic acids is 1. The average Bonchev–Trinajstić information content (AvgIpc) is 3.32. The molecule has 1 aliphatic rings. The van der Waals surface area contributed by atoms with Gasteiger partial charge in [0.1, 0.15) is 18.5 Å². The van der Waals surface area contributed by atoms with Crippen molar-refractivity contribution < 1.29 is 28.2 Å². The molecule has 1 aromatic rings. The molecule has 0 aromatic heterocycles. The number of methoxy groups -OCH3 is 1. The molecule has 8 nitrogen and oxygen atoms in total. The summed E-state index contributed by atoms with van der Waals surface area (Å²) in [4.78, 5) is 26.1. The van der Waals surface area contributed by atoms with Gasteiger partial charge in [0, 0.05) is 36.4 Å². The predicted octanol–water partition coefficient (Wildman–Crippen LogP) is 9.28. The highest BCUT2D eigenvalue weighted by Gasteiger charge is 2.21. The van der Waals surface area contributed by atoms with E-state index in [1.165, 1.54) is 94.8 Å². The molecule has 2 N–H and O–H groups in total. The van der Waals surface area contributed by atoms with Crippen LogP contribution in [0.15, 0.2) is 34.9 Å². The van der Waals surface area contributed by atoms with Crippen molar-refractivity contribution in [1.82, 2.24) is 10.2 Å². The molecule has 43 heavy (non-hydrogen) atoms. The zero-order valence-electron chi connectivity index (χ0n) is 27.1. The first-order valence-corrected chi connectivity index (χ1v) is 18.4. The highest BCUT2D eigenvalue weighted by Crippen LogP contribution is 2.39. The Labute approximate surface area is 266 Å². The van der Waals surface area contributed by atoms with Crippen LogP contribution in [0, 0.1) is 0 Å². The minimum atomic E-state index is -2.17. The minimum absolute atomic E-state index is 0.0262. The van der Waals surface area contributed by atoms with Crippen molar-refractivity contribution in [2.75, 3.05) is 32.7 Å². The van der Waals surface area contributed by atoms with Crippen molar-refractivity contribution >= 4 is 26.5 Å². The molecule has 2 atom stereocenters. The lowest BCUT2D eigenvalue weighted by atomic mass is 10.0. The summed E-state index contributed by atoms with van der Waals surface area (Å²) in [6.45, 7) is 7.88. The average molecular weight is 641 g/mol. The third kappa shape index (κ3) is 16.9. The van der Waals surface area contributed by atoms with E-state index in [9.17, 15) is 9.69 Å². The van der Waals surface area contributed by atoms with Crippen molar-refractivity contribution in [3.63, 3.8) is 0 Å². The second-order valence-electron chi connectivity index (χ2n) is 11.3. The van der Waals surface area contributed by atoms with Crippen molar-refractivity contribution in [2.24, 2.45) is 0 Å². The number of allylic oxidation sites excluding steroid dienone is 2. The molecule has 0 bridgehead atoms. The summed E-state index contributed by atoms with van der Waals surface area (Å²) in [7, 11) is -0.653. The lowest BCUT2D eigenvalue weighted by Gasteiger charge is -2.22. The summed E-state index contributed by atoms with van der Waals surface area (Å²) in [6.07, 6.45) is 17.3. The molecule has 1 aliphatic heterocycles. The largest absolute Gasteiger partial charge is 0.447 e. The van der Waals surface area contributed by atoms with Gasteiger partial charge in [0.05, 0.1) is 12.5 Å². The van der Waals surface area contributed by atoms with Gasteiger partial charge >= 0.3 is 14.7 Å². The van der Waals surface area contributed by atoms with Gasteiger partial charge in [-0.2, -0.15) is 0 Å². The third-order valence-electron chi connectivity index (χ3n) is 7.84. The highest BCUT2D eigenvalue weighted by atomic mass is 32.2. The van der Waals surface area contributed by atoms with E-state index < -0.39 is 20.8 Å². The fourth-order valence-electron chi connectivity index (χ4n) is 4.86. The molecule has 1 amide bonds. The van der Waals surface area contributed by atoms with Crippen molar-refractivity contribution in [2.45, 2.75) is 123 Å². The second kappa shape index (κ2) is 23.8. The lowest BCUT2D eigenvalue weighted by Crippen LogP contribution is -2.31. The van der Waals surface area contributed by atoms with E-state index in [4.69, 9.17) is 18.5 Å². The molecule has 0 aliphatic carbocycles. The molecule has 246 valence electrons. The van der Waals surface area contributed by atoms with Crippen molar-refractivity contribution in [3.05, 3.63) is 40.4 Å². The molecule has 0 spiro atoms. The first-order valence-electron chi connectivity index (χ1n) is 16.3. The number of carbonyl (C=O) groups is 1. The molecule has 10 heteroatoms. The van der Waals surface area contributed by atoms with Crippen molar-refractivity contribution in [1.29, 1.82) is 0 Å². The van der Waals surface area contributed by atoms with Crippen LogP contribution in [-0.4, -0.2) is 54.7 Å². The minimum Gasteiger partial charge on any atom is -0.447 e. The van der Waals surface area contributed by atoms with Gasteiger partial charge in [-0.3, -0.25) is 4.52 Å². The lowest BCUT2D eigenvalue weighted by molar-refractivity contribution is 0.00597. The van der Waals surface area contributed by atoms with Crippen LogP contribution < -0.4 is 9.84 Å². The molecule has 1 aromatic carbocycles. The maximum absolute atomic E-state index is 12.1. The first kappa shape index (κ1) is 37.7. The normalized spacial score (nSPS) is 14.7. The standard InChI is InChI=1S/C33H57N2O6PS/c1-5-6-7-8-9-10-11-12-13-14-15-16-17-20-23-34-33(36)39-25-31(38-4)26-40-42(37)41-32-22-19-18-21-30(32)24-35-27-43-29(3)28(35)2/h18-19,21-22,31,37H,5-17,20,23-27H2,1-4H3,(H,34,36). The maximum atomic E-state index is 12.1. The number of alkyl carbamates (subject to hydrolysis) is 1. The number of unbranched alkanes of at least 4 members (excludes halogenated alkanes) is 13. The number of benzene rings is 1. The number of hydrogen-bond acceptors (Lipinski definition) is 8. The number of amides is 1. The predicted molar refractivity (Wildman–Crippen MR) is 179 cm³/mol. The number of hydrogen-bond donors (Lipinski definition) is 2. The quantitative estimate of drug-likeness (QED) is 0.0808. The Morgan fingerprint density at radius 3 is 2.14 bits per heavy atom. The molecule has 2 unspecified atom stereocenters. The van der Waals surface area contributed by atoms with Crippen LogP contribution in [0.25, 0.3) is 0 Å². The molecule has 0 saturated carbocycles. The third-order valence-corrected chi connectivity index (χ3v) is 9.73. The van der Waals surface area contributed by atoms with Gasteiger partial charge in [-0.15, -0.1) is 11.8 Å². The van der Waals surface area contributed by atoms with Gasteiger partial charge in [-0.1, -0.05) is 109 Å². The van der Waals surface area contributed by atoms with E-state index in [-0.39, 0.29) is 13.2 Å². The van der Waals surface area contributed by atoms with Gasteiger partial charge in [0.25, 0.3) is 0 Å². The van der Waals surface area contributed by atoms with E-state index in [1.807, 2.05) is 36.0 Å². The summed E-state index contributed by atoms with van der Waals surface area (Å²) in [5.74, 6) is 1.49. The zero-order chi connectivity index (χ0) is 31.1. The van der Waals surface area contributed by atoms with Crippen LogP contribution in [0.2, 0.25) is 0 Å². The van der Waals surface area contributed by atoms with Gasteiger partial charge in [0.2, 0.25) is 0 Å². The number of nitrogens with zero attached hydrogens (tertiary/aromatic N) is 1. The Balaban J connectivity index is 1.50. The summed E-state index contributed by atoms with van der Waals surface area (Å²) in [5.41, 5.74) is 2.23. The monoisotopic (exact) mass is 640 g/mol. The molecular formula is C33H57N2O6PS. The van der Waals surface area contributed by atoms with Gasteiger partial charge in [-0.25, -0.2) is 4.79 Å². The Morgan fingerprint density at radius 2 is 1.56 bits per heavy atom.